The molecule has 0 aliphatic heterocycles. The Bertz CT molecular complexity index is 1000. The third kappa shape index (κ3) is 4.54. The van der Waals surface area contributed by atoms with Gasteiger partial charge in [0, 0.05) is 10.2 Å². The number of nitrogens with one attached hydrogen (secondary N) is 1. The Hall–Kier alpha value is -3.12. The topological polar surface area (TPSA) is 60.2 Å². The van der Waals surface area contributed by atoms with Crippen molar-refractivity contribution in [2.24, 2.45) is 0 Å². The fourth-order valence-electron chi connectivity index (χ4n) is 2.54. The summed E-state index contributed by atoms with van der Waals surface area (Å²) in [6.45, 7) is 0.208. The number of nitrogens with zero attached hydrogens (tertiary/aromatic N) is 2. The number of rotatable bonds is 6. The van der Waals surface area contributed by atoms with Gasteiger partial charge in [0.2, 0.25) is 0 Å². The summed E-state index contributed by atoms with van der Waals surface area (Å²) >= 11 is 3.40. The molecular formula is C21H16BrN3O2. The number of anilines is 2. The highest BCUT2D eigenvalue weighted by Gasteiger charge is 2.07. The van der Waals surface area contributed by atoms with E-state index in [0.29, 0.717) is 11.9 Å². The van der Waals surface area contributed by atoms with Crippen LogP contribution in [0, 0.1) is 0 Å². The number of aromatic nitrogens is 2. The van der Waals surface area contributed by atoms with Crippen molar-refractivity contribution in [3.05, 3.63) is 89.2 Å². The van der Waals surface area contributed by atoms with E-state index in [1.54, 1.807) is 0 Å². The summed E-state index contributed by atoms with van der Waals surface area (Å²) < 4.78 is 12.3. The molecule has 0 spiro atoms. The third-order valence-electron chi connectivity index (χ3n) is 3.89. The van der Waals surface area contributed by atoms with Gasteiger partial charge < -0.3 is 14.5 Å². The van der Waals surface area contributed by atoms with E-state index < -0.39 is 0 Å². The van der Waals surface area contributed by atoms with Crippen molar-refractivity contribution >= 4 is 27.6 Å². The molecule has 0 unspecified atom stereocenters. The Labute approximate surface area is 165 Å². The van der Waals surface area contributed by atoms with Crippen LogP contribution >= 0.6 is 15.9 Å². The molecule has 3 aromatic carbocycles. The molecular weight excluding hydrogens is 406 g/mol. The first-order chi connectivity index (χ1) is 13.3. The third-order valence-corrected chi connectivity index (χ3v) is 4.41. The molecule has 0 saturated heterocycles. The minimum absolute atomic E-state index is 0.208. The largest absolute Gasteiger partial charge is 0.484 e. The van der Waals surface area contributed by atoms with Gasteiger partial charge in [0.25, 0.3) is 5.89 Å². The maximum absolute atomic E-state index is 5.73. The summed E-state index contributed by atoms with van der Waals surface area (Å²) in [7, 11) is 0. The number of hydrogen-bond acceptors (Lipinski definition) is 5. The molecule has 0 radical (unpaired) electrons. The van der Waals surface area contributed by atoms with E-state index in [1.165, 1.54) is 5.56 Å². The molecule has 0 amide bonds. The van der Waals surface area contributed by atoms with Crippen LogP contribution in [-0.2, 0) is 6.61 Å². The maximum atomic E-state index is 5.73. The van der Waals surface area contributed by atoms with E-state index in [9.17, 15) is 0 Å². The van der Waals surface area contributed by atoms with Gasteiger partial charge in [-0.25, -0.2) is 0 Å². The lowest BCUT2D eigenvalue weighted by atomic mass is 10.1. The van der Waals surface area contributed by atoms with Gasteiger partial charge in [-0.3, -0.25) is 0 Å². The highest BCUT2D eigenvalue weighted by molar-refractivity contribution is 9.10. The van der Waals surface area contributed by atoms with E-state index >= 15 is 0 Å². The van der Waals surface area contributed by atoms with Crippen LogP contribution < -0.4 is 10.1 Å². The zero-order valence-electron chi connectivity index (χ0n) is 14.3. The lowest BCUT2D eigenvalue weighted by Crippen LogP contribution is -1.95. The van der Waals surface area contributed by atoms with Gasteiger partial charge in [0.05, 0.1) is 0 Å². The van der Waals surface area contributed by atoms with E-state index in [1.807, 2.05) is 66.7 Å². The Morgan fingerprint density at radius 2 is 1.52 bits per heavy atom. The van der Waals surface area contributed by atoms with Crippen LogP contribution in [0.5, 0.6) is 5.75 Å². The molecule has 0 saturated carbocycles. The molecule has 0 fully saturated rings. The Balaban J connectivity index is 1.35. The average molecular weight is 422 g/mol. The van der Waals surface area contributed by atoms with E-state index in [-0.39, 0.29) is 6.61 Å². The minimum Gasteiger partial charge on any atom is -0.484 e. The van der Waals surface area contributed by atoms with E-state index in [2.05, 4.69) is 43.6 Å². The summed E-state index contributed by atoms with van der Waals surface area (Å²) in [6.07, 6.45) is 0. The molecule has 0 aliphatic rings. The summed E-state index contributed by atoms with van der Waals surface area (Å²) in [5.41, 5.74) is 3.18. The highest BCUT2D eigenvalue weighted by atomic mass is 79.9. The van der Waals surface area contributed by atoms with Crippen molar-refractivity contribution < 1.29 is 9.15 Å². The highest BCUT2D eigenvalue weighted by Crippen LogP contribution is 2.23. The summed E-state index contributed by atoms with van der Waals surface area (Å²) in [4.78, 5) is 0. The standard InChI is InChI=1S/C21H16BrN3O2/c22-17-8-10-18(11-9-17)23-21-25-24-20(27-21)14-26-19-12-6-16(7-13-19)15-4-2-1-3-5-15/h1-13H,14H2,(H,23,25). The minimum atomic E-state index is 0.208. The number of halogens is 1. The number of ether oxygens (including phenoxy) is 1. The second-order valence-corrected chi connectivity index (χ2v) is 6.73. The average Bonchev–Trinajstić information content (AvgIpc) is 3.17. The van der Waals surface area contributed by atoms with Crippen molar-refractivity contribution in [1.29, 1.82) is 0 Å². The van der Waals surface area contributed by atoms with Gasteiger partial charge in [0.15, 0.2) is 6.61 Å². The summed E-state index contributed by atoms with van der Waals surface area (Å²) in [5, 5.41) is 11.0. The van der Waals surface area contributed by atoms with Crippen molar-refractivity contribution in [1.82, 2.24) is 10.2 Å². The normalized spacial score (nSPS) is 10.6. The van der Waals surface area contributed by atoms with Gasteiger partial charge in [0.1, 0.15) is 5.75 Å². The van der Waals surface area contributed by atoms with E-state index in [4.69, 9.17) is 9.15 Å². The SMILES string of the molecule is Brc1ccc(Nc2nnc(COc3ccc(-c4ccccc4)cc3)o2)cc1. The molecule has 4 rings (SSSR count). The fourth-order valence-corrected chi connectivity index (χ4v) is 2.80. The van der Waals surface area contributed by atoms with Crippen LogP contribution in [0.4, 0.5) is 11.7 Å². The Morgan fingerprint density at radius 3 is 2.26 bits per heavy atom. The molecule has 134 valence electrons. The summed E-state index contributed by atoms with van der Waals surface area (Å²) in [5.74, 6) is 1.15. The first-order valence-corrected chi connectivity index (χ1v) is 9.19. The number of hydrogen-bond donors (Lipinski definition) is 1. The molecule has 4 aromatic rings. The van der Waals surface area contributed by atoms with Crippen LogP contribution in [0.3, 0.4) is 0 Å². The molecule has 1 heterocycles. The van der Waals surface area contributed by atoms with Gasteiger partial charge in [-0.05, 0) is 47.5 Å². The molecule has 5 nitrogen and oxygen atoms in total. The Morgan fingerprint density at radius 1 is 0.815 bits per heavy atom. The van der Waals surface area contributed by atoms with Crippen molar-refractivity contribution in [2.45, 2.75) is 6.61 Å². The Kier molecular flexibility index (Phi) is 5.16. The molecule has 1 N–H and O–H groups in total. The molecule has 1 aromatic heterocycles. The fraction of sp³-hybridized carbons (Fsp3) is 0.0476. The van der Waals surface area contributed by atoms with E-state index in [0.717, 1.165) is 21.5 Å². The zero-order valence-corrected chi connectivity index (χ0v) is 15.9. The lowest BCUT2D eigenvalue weighted by molar-refractivity contribution is 0.265. The smallest absolute Gasteiger partial charge is 0.320 e. The van der Waals surface area contributed by atoms with Crippen LogP contribution in [0.15, 0.2) is 87.8 Å². The molecule has 27 heavy (non-hydrogen) atoms. The molecule has 0 bridgehead atoms. The van der Waals surface area contributed by atoms with Crippen LogP contribution in [0.2, 0.25) is 0 Å². The first kappa shape index (κ1) is 17.3. The predicted molar refractivity (Wildman–Crippen MR) is 108 cm³/mol. The molecule has 6 heteroatoms. The second kappa shape index (κ2) is 8.05. The van der Waals surface area contributed by atoms with Crippen molar-refractivity contribution in [2.75, 3.05) is 5.32 Å². The van der Waals surface area contributed by atoms with Gasteiger partial charge in [-0.15, -0.1) is 5.10 Å². The predicted octanol–water partition coefficient (Wildman–Crippen LogP) is 5.82. The monoisotopic (exact) mass is 421 g/mol. The zero-order chi connectivity index (χ0) is 18.5. The van der Waals surface area contributed by atoms with Crippen LogP contribution in [0.25, 0.3) is 11.1 Å². The van der Waals surface area contributed by atoms with Gasteiger partial charge >= 0.3 is 6.01 Å². The second-order valence-electron chi connectivity index (χ2n) is 5.81. The molecule has 0 atom stereocenters. The lowest BCUT2D eigenvalue weighted by Gasteiger charge is -2.05. The van der Waals surface area contributed by atoms with Crippen LogP contribution in [-0.4, -0.2) is 10.2 Å². The quantitative estimate of drug-likeness (QED) is 0.424. The van der Waals surface area contributed by atoms with Crippen molar-refractivity contribution in [3.63, 3.8) is 0 Å². The van der Waals surface area contributed by atoms with Crippen LogP contribution in [0.1, 0.15) is 5.89 Å². The van der Waals surface area contributed by atoms with Crippen molar-refractivity contribution in [3.8, 4) is 16.9 Å². The van der Waals surface area contributed by atoms with Gasteiger partial charge in [-0.1, -0.05) is 63.5 Å². The summed E-state index contributed by atoms with van der Waals surface area (Å²) in [6, 6.07) is 26.1. The molecule has 0 aliphatic carbocycles. The van der Waals surface area contributed by atoms with Gasteiger partial charge in [-0.2, -0.15) is 0 Å². The maximum Gasteiger partial charge on any atom is 0.320 e. The number of benzene rings is 3. The first-order valence-electron chi connectivity index (χ1n) is 8.39.